The standard InChI is InChI=1S/C23H21Cl2N3O4S/c1-33(30,31)28(21-12-19(24)11-20(25)13-21)15-23(29)27-26-14-17-7-9-22(10-8-17)32-16-18-5-3-2-4-6-18/h2-14H,15-16H2,1H3,(H,27,29)/b26-14-. The van der Waals surface area contributed by atoms with Crippen LogP contribution in [0.3, 0.4) is 0 Å². The number of sulfonamides is 1. The number of nitrogens with zero attached hydrogens (tertiary/aromatic N) is 2. The van der Waals surface area contributed by atoms with Crippen LogP contribution in [0.2, 0.25) is 10.0 Å². The van der Waals surface area contributed by atoms with Crippen LogP contribution in [0.15, 0.2) is 77.9 Å². The van der Waals surface area contributed by atoms with Crippen LogP contribution < -0.4 is 14.5 Å². The van der Waals surface area contributed by atoms with Crippen molar-refractivity contribution < 1.29 is 17.9 Å². The van der Waals surface area contributed by atoms with E-state index in [0.29, 0.717) is 12.4 Å². The van der Waals surface area contributed by atoms with Gasteiger partial charge in [0.15, 0.2) is 0 Å². The molecule has 172 valence electrons. The highest BCUT2D eigenvalue weighted by Crippen LogP contribution is 2.26. The molecule has 0 unspecified atom stereocenters. The molecular weight excluding hydrogens is 485 g/mol. The van der Waals surface area contributed by atoms with Gasteiger partial charge >= 0.3 is 0 Å². The first-order chi connectivity index (χ1) is 15.7. The zero-order valence-corrected chi connectivity index (χ0v) is 19.9. The van der Waals surface area contributed by atoms with E-state index in [1.807, 2.05) is 30.3 Å². The number of rotatable bonds is 9. The highest BCUT2D eigenvalue weighted by molar-refractivity contribution is 7.92. The molecule has 1 N–H and O–H groups in total. The molecule has 1 amide bonds. The fourth-order valence-electron chi connectivity index (χ4n) is 2.82. The van der Waals surface area contributed by atoms with Gasteiger partial charge in [0.05, 0.1) is 18.2 Å². The summed E-state index contributed by atoms with van der Waals surface area (Å²) in [7, 11) is -3.76. The highest BCUT2D eigenvalue weighted by atomic mass is 35.5. The monoisotopic (exact) mass is 505 g/mol. The maximum atomic E-state index is 12.3. The molecule has 3 aromatic rings. The van der Waals surface area contributed by atoms with Crippen LogP contribution in [0.25, 0.3) is 0 Å². The number of halogens is 2. The van der Waals surface area contributed by atoms with Crippen molar-refractivity contribution >= 4 is 51.0 Å². The third-order valence-electron chi connectivity index (χ3n) is 4.35. The lowest BCUT2D eigenvalue weighted by atomic mass is 10.2. The predicted octanol–water partition coefficient (Wildman–Crippen LogP) is 4.49. The fourth-order valence-corrected chi connectivity index (χ4v) is 4.17. The van der Waals surface area contributed by atoms with Crippen molar-refractivity contribution in [1.29, 1.82) is 0 Å². The molecule has 3 aromatic carbocycles. The van der Waals surface area contributed by atoms with E-state index in [1.54, 1.807) is 24.3 Å². The average Bonchev–Trinajstić information content (AvgIpc) is 2.76. The minimum absolute atomic E-state index is 0.181. The summed E-state index contributed by atoms with van der Waals surface area (Å²) in [4.78, 5) is 12.3. The van der Waals surface area contributed by atoms with Crippen molar-refractivity contribution in [3.05, 3.63) is 94.0 Å². The van der Waals surface area contributed by atoms with Crippen LogP contribution in [0.4, 0.5) is 5.69 Å². The van der Waals surface area contributed by atoms with Crippen molar-refractivity contribution in [3.8, 4) is 5.75 Å². The van der Waals surface area contributed by atoms with Gasteiger partial charge < -0.3 is 4.74 Å². The molecule has 0 aliphatic carbocycles. The van der Waals surface area contributed by atoms with Crippen molar-refractivity contribution in [3.63, 3.8) is 0 Å². The SMILES string of the molecule is CS(=O)(=O)N(CC(=O)N/N=C\c1ccc(OCc2ccccc2)cc1)c1cc(Cl)cc(Cl)c1. The van der Waals surface area contributed by atoms with Crippen molar-refractivity contribution in [2.24, 2.45) is 5.10 Å². The second-order valence-corrected chi connectivity index (χ2v) is 9.81. The molecule has 3 rings (SSSR count). The molecule has 0 atom stereocenters. The van der Waals surface area contributed by atoms with Gasteiger partial charge in [0.1, 0.15) is 18.9 Å². The number of carbonyl (C=O) groups excluding carboxylic acids is 1. The Bertz CT molecular complexity index is 1210. The van der Waals surface area contributed by atoms with Crippen molar-refractivity contribution in [2.75, 3.05) is 17.1 Å². The molecule has 0 bridgehead atoms. The van der Waals surface area contributed by atoms with Gasteiger partial charge in [-0.3, -0.25) is 9.10 Å². The minimum atomic E-state index is -3.76. The number of carbonyl (C=O) groups is 1. The Morgan fingerprint density at radius 2 is 1.67 bits per heavy atom. The number of ether oxygens (including phenoxy) is 1. The van der Waals surface area contributed by atoms with Gasteiger partial charge in [-0.1, -0.05) is 53.5 Å². The van der Waals surface area contributed by atoms with E-state index < -0.39 is 22.5 Å². The summed E-state index contributed by atoms with van der Waals surface area (Å²) < 4.78 is 31.0. The normalized spacial score (nSPS) is 11.4. The maximum Gasteiger partial charge on any atom is 0.260 e. The van der Waals surface area contributed by atoms with Gasteiger partial charge in [0, 0.05) is 10.0 Å². The zero-order chi connectivity index (χ0) is 23.8. The number of hydrogen-bond acceptors (Lipinski definition) is 5. The first-order valence-corrected chi connectivity index (χ1v) is 12.3. The second kappa shape index (κ2) is 11.2. The van der Waals surface area contributed by atoms with Crippen LogP contribution in [-0.4, -0.2) is 33.3 Å². The summed E-state index contributed by atoms with van der Waals surface area (Å²) in [6, 6.07) is 21.2. The Balaban J connectivity index is 1.57. The maximum absolute atomic E-state index is 12.3. The molecule has 0 fully saturated rings. The first kappa shape index (κ1) is 24.6. The lowest BCUT2D eigenvalue weighted by Crippen LogP contribution is -2.39. The molecule has 7 nitrogen and oxygen atoms in total. The Morgan fingerprint density at radius 3 is 2.27 bits per heavy atom. The van der Waals surface area contributed by atoms with Crippen LogP contribution in [0.5, 0.6) is 5.75 Å². The van der Waals surface area contributed by atoms with E-state index in [-0.39, 0.29) is 15.7 Å². The van der Waals surface area contributed by atoms with Gasteiger partial charge in [0.25, 0.3) is 5.91 Å². The highest BCUT2D eigenvalue weighted by Gasteiger charge is 2.21. The average molecular weight is 506 g/mol. The van der Waals surface area contributed by atoms with Crippen molar-refractivity contribution in [1.82, 2.24) is 5.43 Å². The van der Waals surface area contributed by atoms with Crippen molar-refractivity contribution in [2.45, 2.75) is 6.61 Å². The smallest absolute Gasteiger partial charge is 0.260 e. The second-order valence-electron chi connectivity index (χ2n) is 7.03. The third kappa shape index (κ3) is 7.78. The number of hydrazone groups is 1. The molecule has 10 heteroatoms. The number of amides is 1. The van der Waals surface area contributed by atoms with Crippen LogP contribution in [0, 0.1) is 0 Å². The zero-order valence-electron chi connectivity index (χ0n) is 17.6. The Kier molecular flexibility index (Phi) is 8.32. The lowest BCUT2D eigenvalue weighted by molar-refractivity contribution is -0.119. The van der Waals surface area contributed by atoms with Crippen LogP contribution in [-0.2, 0) is 21.4 Å². The van der Waals surface area contributed by atoms with Gasteiger partial charge in [-0.25, -0.2) is 13.8 Å². The summed E-state index contributed by atoms with van der Waals surface area (Å²) in [6.07, 6.45) is 2.43. The summed E-state index contributed by atoms with van der Waals surface area (Å²) in [6.45, 7) is -0.0296. The summed E-state index contributed by atoms with van der Waals surface area (Å²) in [5.74, 6) is 0.0691. The largest absolute Gasteiger partial charge is 0.489 e. The summed E-state index contributed by atoms with van der Waals surface area (Å²) in [5, 5.41) is 4.39. The fraction of sp³-hybridized carbons (Fsp3) is 0.130. The molecule has 0 spiro atoms. The first-order valence-electron chi connectivity index (χ1n) is 9.73. The quantitative estimate of drug-likeness (QED) is 0.342. The number of benzene rings is 3. The molecule has 0 aliphatic rings. The van der Waals surface area contributed by atoms with E-state index in [1.165, 1.54) is 24.4 Å². The van der Waals surface area contributed by atoms with E-state index >= 15 is 0 Å². The number of nitrogens with one attached hydrogen (secondary N) is 1. The molecule has 33 heavy (non-hydrogen) atoms. The Labute approximate surface area is 202 Å². The molecule has 0 heterocycles. The molecule has 0 radical (unpaired) electrons. The Hall–Kier alpha value is -3.07. The molecule has 0 aliphatic heterocycles. The summed E-state index contributed by atoms with van der Waals surface area (Å²) in [5.41, 5.74) is 4.29. The number of anilines is 1. The van der Waals surface area contributed by atoms with E-state index in [0.717, 1.165) is 21.7 Å². The van der Waals surface area contributed by atoms with Gasteiger partial charge in [-0.2, -0.15) is 5.10 Å². The van der Waals surface area contributed by atoms with E-state index in [9.17, 15) is 13.2 Å². The van der Waals surface area contributed by atoms with Gasteiger partial charge in [-0.05, 0) is 53.6 Å². The van der Waals surface area contributed by atoms with E-state index in [4.69, 9.17) is 27.9 Å². The predicted molar refractivity (Wildman–Crippen MR) is 132 cm³/mol. The van der Waals surface area contributed by atoms with Crippen LogP contribution >= 0.6 is 23.2 Å². The molecule has 0 saturated heterocycles. The van der Waals surface area contributed by atoms with Gasteiger partial charge in [0.2, 0.25) is 10.0 Å². The molecular formula is C23H21Cl2N3O4S. The lowest BCUT2D eigenvalue weighted by Gasteiger charge is -2.21. The topological polar surface area (TPSA) is 88.1 Å². The Morgan fingerprint density at radius 1 is 1.03 bits per heavy atom. The molecule has 0 saturated carbocycles. The van der Waals surface area contributed by atoms with Gasteiger partial charge in [-0.15, -0.1) is 0 Å². The van der Waals surface area contributed by atoms with Crippen LogP contribution in [0.1, 0.15) is 11.1 Å². The minimum Gasteiger partial charge on any atom is -0.489 e. The molecule has 0 aromatic heterocycles. The number of hydrogen-bond donors (Lipinski definition) is 1. The summed E-state index contributed by atoms with van der Waals surface area (Å²) >= 11 is 11.9. The van der Waals surface area contributed by atoms with E-state index in [2.05, 4.69) is 10.5 Å². The third-order valence-corrected chi connectivity index (χ3v) is 5.93.